The Hall–Kier alpha value is -0.380. The van der Waals surface area contributed by atoms with Gasteiger partial charge >= 0.3 is 0 Å². The molecule has 124 valence electrons. The van der Waals surface area contributed by atoms with Gasteiger partial charge in [0.15, 0.2) is 0 Å². The van der Waals surface area contributed by atoms with Gasteiger partial charge in [0.1, 0.15) is 0 Å². The van der Waals surface area contributed by atoms with Crippen LogP contribution in [0.2, 0.25) is 0 Å². The highest BCUT2D eigenvalue weighted by Gasteiger charge is 2.60. The molecule has 4 aliphatic carbocycles. The molecule has 3 nitrogen and oxygen atoms in total. The van der Waals surface area contributed by atoms with E-state index < -0.39 is 12.2 Å². The maximum atomic E-state index is 10.5. The second kappa shape index (κ2) is 4.81. The van der Waals surface area contributed by atoms with Crippen LogP contribution in [0.3, 0.4) is 0 Å². The zero-order chi connectivity index (χ0) is 15.7. The van der Waals surface area contributed by atoms with Gasteiger partial charge < -0.3 is 15.3 Å². The van der Waals surface area contributed by atoms with Crippen LogP contribution < -0.4 is 0 Å². The van der Waals surface area contributed by atoms with E-state index in [1.54, 1.807) is 0 Å². The van der Waals surface area contributed by atoms with Crippen molar-refractivity contribution in [2.45, 2.75) is 77.1 Å². The van der Waals surface area contributed by atoms with E-state index in [-0.39, 0.29) is 16.9 Å². The first kappa shape index (κ1) is 15.2. The molecule has 0 aromatic heterocycles. The van der Waals surface area contributed by atoms with Gasteiger partial charge in [-0.25, -0.2) is 0 Å². The molecule has 4 aliphatic rings. The first-order valence-corrected chi connectivity index (χ1v) is 9.10. The summed E-state index contributed by atoms with van der Waals surface area (Å²) in [7, 11) is 0. The summed E-state index contributed by atoms with van der Waals surface area (Å²) in [6.45, 7) is 4.60. The summed E-state index contributed by atoms with van der Waals surface area (Å²) in [5.74, 6) is 1.70. The number of hydrogen-bond donors (Lipinski definition) is 3. The van der Waals surface area contributed by atoms with Crippen molar-refractivity contribution in [3.63, 3.8) is 0 Å². The standard InChI is InChI=1S/C19H30O3/c1-18-7-5-12(20)9-11(18)3-4-13-14(18)6-8-19(2)15(13)10-16(21)17(19)22/h3,12-17,20-22H,4-10H2,1-2H3/t12-,13-,14+,15+,16+,17+,18+,19+/m1/s1. The fourth-order valence-electron chi connectivity index (χ4n) is 6.63. The summed E-state index contributed by atoms with van der Waals surface area (Å²) in [6, 6.07) is 0. The zero-order valence-corrected chi connectivity index (χ0v) is 13.8. The van der Waals surface area contributed by atoms with Crippen LogP contribution in [-0.2, 0) is 0 Å². The summed E-state index contributed by atoms with van der Waals surface area (Å²) in [4.78, 5) is 0. The van der Waals surface area contributed by atoms with Gasteiger partial charge in [0.2, 0.25) is 0 Å². The molecule has 0 unspecified atom stereocenters. The lowest BCUT2D eigenvalue weighted by atomic mass is 9.48. The maximum absolute atomic E-state index is 10.5. The van der Waals surface area contributed by atoms with Crippen LogP contribution >= 0.6 is 0 Å². The molecule has 0 bridgehead atoms. The third kappa shape index (κ3) is 1.85. The molecule has 0 heterocycles. The van der Waals surface area contributed by atoms with E-state index in [1.807, 2.05) is 0 Å². The van der Waals surface area contributed by atoms with E-state index in [4.69, 9.17) is 0 Å². The summed E-state index contributed by atoms with van der Waals surface area (Å²) in [6.07, 6.45) is 8.04. The lowest BCUT2D eigenvalue weighted by Gasteiger charge is -2.57. The normalized spacial score (nSPS) is 57.6. The van der Waals surface area contributed by atoms with Crippen molar-refractivity contribution in [3.8, 4) is 0 Å². The average molecular weight is 306 g/mol. The molecule has 0 aromatic carbocycles. The second-order valence-electron chi connectivity index (χ2n) is 8.95. The lowest BCUT2D eigenvalue weighted by molar-refractivity contribution is -0.0817. The summed E-state index contributed by atoms with van der Waals surface area (Å²) >= 11 is 0. The molecule has 3 N–H and O–H groups in total. The van der Waals surface area contributed by atoms with Crippen molar-refractivity contribution >= 4 is 0 Å². The molecule has 4 rings (SSSR count). The highest BCUT2D eigenvalue weighted by molar-refractivity contribution is 5.25. The molecule has 8 atom stereocenters. The Morgan fingerprint density at radius 3 is 2.59 bits per heavy atom. The Morgan fingerprint density at radius 2 is 1.82 bits per heavy atom. The Balaban J connectivity index is 1.68. The largest absolute Gasteiger partial charge is 0.393 e. The number of aliphatic hydroxyl groups is 3. The number of hydrogen-bond acceptors (Lipinski definition) is 3. The van der Waals surface area contributed by atoms with Crippen molar-refractivity contribution in [1.29, 1.82) is 0 Å². The van der Waals surface area contributed by atoms with Gasteiger partial charge in [-0.05, 0) is 73.5 Å². The van der Waals surface area contributed by atoms with Crippen LogP contribution in [0.15, 0.2) is 11.6 Å². The van der Waals surface area contributed by atoms with Crippen molar-refractivity contribution < 1.29 is 15.3 Å². The monoisotopic (exact) mass is 306 g/mol. The minimum atomic E-state index is -0.551. The molecule has 3 fully saturated rings. The van der Waals surface area contributed by atoms with Crippen molar-refractivity contribution in [2.24, 2.45) is 28.6 Å². The minimum Gasteiger partial charge on any atom is -0.393 e. The molecule has 3 saturated carbocycles. The van der Waals surface area contributed by atoms with Gasteiger partial charge in [-0.2, -0.15) is 0 Å². The van der Waals surface area contributed by atoms with E-state index in [9.17, 15) is 15.3 Å². The fraction of sp³-hybridized carbons (Fsp3) is 0.895. The third-order valence-electron chi connectivity index (χ3n) is 8.05. The van der Waals surface area contributed by atoms with Crippen LogP contribution in [0, 0.1) is 28.6 Å². The molecule has 0 aromatic rings. The highest BCUT2D eigenvalue weighted by atomic mass is 16.3. The Labute approximate surface area is 133 Å². The maximum Gasteiger partial charge on any atom is 0.0855 e. The smallest absolute Gasteiger partial charge is 0.0855 e. The van der Waals surface area contributed by atoms with Crippen LogP contribution in [0.5, 0.6) is 0 Å². The van der Waals surface area contributed by atoms with Gasteiger partial charge in [-0.15, -0.1) is 0 Å². The minimum absolute atomic E-state index is 0.101. The van der Waals surface area contributed by atoms with E-state index in [1.165, 1.54) is 5.57 Å². The zero-order valence-electron chi connectivity index (χ0n) is 13.8. The molecule has 3 heteroatoms. The molecule has 0 amide bonds. The first-order valence-electron chi connectivity index (χ1n) is 9.10. The van der Waals surface area contributed by atoms with Crippen molar-refractivity contribution in [3.05, 3.63) is 11.6 Å². The quantitative estimate of drug-likeness (QED) is 0.603. The Morgan fingerprint density at radius 1 is 1.05 bits per heavy atom. The first-order chi connectivity index (χ1) is 10.4. The number of fused-ring (bicyclic) bond motifs is 5. The van der Waals surface area contributed by atoms with Gasteiger partial charge in [0.25, 0.3) is 0 Å². The topological polar surface area (TPSA) is 60.7 Å². The van der Waals surface area contributed by atoms with Crippen LogP contribution in [-0.4, -0.2) is 33.6 Å². The van der Waals surface area contributed by atoms with Gasteiger partial charge in [-0.1, -0.05) is 25.5 Å². The van der Waals surface area contributed by atoms with E-state index in [2.05, 4.69) is 19.9 Å². The molecule has 22 heavy (non-hydrogen) atoms. The van der Waals surface area contributed by atoms with Gasteiger partial charge in [-0.3, -0.25) is 0 Å². The predicted octanol–water partition coefficient (Wildman–Crippen LogP) is 2.64. The number of allylic oxidation sites excluding steroid dienone is 1. The van der Waals surface area contributed by atoms with Crippen molar-refractivity contribution in [1.82, 2.24) is 0 Å². The van der Waals surface area contributed by atoms with E-state index >= 15 is 0 Å². The summed E-state index contributed by atoms with van der Waals surface area (Å²) in [5.41, 5.74) is 1.62. The third-order valence-corrected chi connectivity index (χ3v) is 8.05. The van der Waals surface area contributed by atoms with Crippen LogP contribution in [0.4, 0.5) is 0 Å². The Bertz CT molecular complexity index is 501. The van der Waals surface area contributed by atoms with E-state index in [0.29, 0.717) is 17.8 Å². The number of aliphatic hydroxyl groups excluding tert-OH is 3. The van der Waals surface area contributed by atoms with Crippen LogP contribution in [0.1, 0.15) is 58.8 Å². The number of rotatable bonds is 0. The average Bonchev–Trinajstić information content (AvgIpc) is 2.72. The molecule has 0 spiro atoms. The fourth-order valence-corrected chi connectivity index (χ4v) is 6.63. The molecule has 0 radical (unpaired) electrons. The molecular weight excluding hydrogens is 276 g/mol. The predicted molar refractivity (Wildman–Crippen MR) is 85.1 cm³/mol. The van der Waals surface area contributed by atoms with Crippen molar-refractivity contribution in [2.75, 3.05) is 0 Å². The van der Waals surface area contributed by atoms with E-state index in [0.717, 1.165) is 44.9 Å². The van der Waals surface area contributed by atoms with Gasteiger partial charge in [0.05, 0.1) is 18.3 Å². The van der Waals surface area contributed by atoms with Gasteiger partial charge in [0, 0.05) is 0 Å². The highest BCUT2D eigenvalue weighted by Crippen LogP contribution is 2.64. The summed E-state index contributed by atoms with van der Waals surface area (Å²) < 4.78 is 0. The lowest BCUT2D eigenvalue weighted by Crippen LogP contribution is -2.51. The SMILES string of the molecule is C[C@]12CC[C@H]3[C@@H](CC=C4C[C@H](O)CC[C@@]43C)[C@@H]1C[C@H](O)[C@@H]2O. The molecular formula is C19H30O3. The molecule has 0 aliphatic heterocycles. The summed E-state index contributed by atoms with van der Waals surface area (Å²) in [5, 5.41) is 30.7. The van der Waals surface area contributed by atoms with Crippen LogP contribution in [0.25, 0.3) is 0 Å². The Kier molecular flexibility index (Phi) is 3.32. The molecule has 0 saturated heterocycles. The second-order valence-corrected chi connectivity index (χ2v) is 8.95.